The molecule has 0 saturated carbocycles. The van der Waals surface area contributed by atoms with Gasteiger partial charge in [-0.1, -0.05) is 50.6 Å². The number of nitrogens with one attached hydrogen (secondary N) is 3. The van der Waals surface area contributed by atoms with Gasteiger partial charge >= 0.3 is 5.97 Å². The summed E-state index contributed by atoms with van der Waals surface area (Å²) in [6.07, 6.45) is 0.613. The predicted octanol–water partition coefficient (Wildman–Crippen LogP) is -0.936. The Balaban J connectivity index is 2.88. The van der Waals surface area contributed by atoms with Crippen molar-refractivity contribution in [1.82, 2.24) is 16.0 Å². The first-order valence-electron chi connectivity index (χ1n) is 10.3. The van der Waals surface area contributed by atoms with Crippen LogP contribution in [0.15, 0.2) is 30.3 Å². The van der Waals surface area contributed by atoms with Crippen molar-refractivity contribution in [2.45, 2.75) is 50.9 Å². The Bertz CT molecular complexity index is 779. The molecule has 0 aromatic heterocycles. The largest absolute Gasteiger partial charge is 0.480 e. The van der Waals surface area contributed by atoms with Gasteiger partial charge in [-0.3, -0.25) is 14.4 Å². The van der Waals surface area contributed by atoms with Crippen LogP contribution in [-0.4, -0.2) is 70.4 Å². The second-order valence-electron chi connectivity index (χ2n) is 7.49. The topological polar surface area (TPSA) is 171 Å². The summed E-state index contributed by atoms with van der Waals surface area (Å²) in [6, 6.07) is 4.30. The third-order valence-corrected chi connectivity index (χ3v) is 5.40. The molecule has 32 heavy (non-hydrogen) atoms. The summed E-state index contributed by atoms with van der Waals surface area (Å²) in [4.78, 5) is 49.2. The van der Waals surface area contributed by atoms with E-state index in [9.17, 15) is 24.3 Å². The van der Waals surface area contributed by atoms with Crippen LogP contribution in [0.2, 0.25) is 0 Å². The van der Waals surface area contributed by atoms with Gasteiger partial charge in [0.2, 0.25) is 17.7 Å². The molecular formula is C21H32N4O6S. The van der Waals surface area contributed by atoms with Gasteiger partial charge < -0.3 is 31.9 Å². The molecule has 5 atom stereocenters. The number of carboxylic acids is 1. The van der Waals surface area contributed by atoms with Gasteiger partial charge in [-0.05, 0) is 11.5 Å². The molecule has 5 unspecified atom stereocenters. The number of aliphatic hydroxyl groups excluding tert-OH is 1. The lowest BCUT2D eigenvalue weighted by Crippen LogP contribution is -2.59. The van der Waals surface area contributed by atoms with Crippen LogP contribution in [0.4, 0.5) is 0 Å². The molecule has 1 aromatic rings. The molecule has 1 rings (SSSR count). The molecule has 1 aromatic carbocycles. The smallest absolute Gasteiger partial charge is 0.326 e. The van der Waals surface area contributed by atoms with Crippen LogP contribution in [0.3, 0.4) is 0 Å². The summed E-state index contributed by atoms with van der Waals surface area (Å²) >= 11 is 4.10. The van der Waals surface area contributed by atoms with Crippen LogP contribution < -0.4 is 21.7 Å². The molecule has 10 nitrogen and oxygen atoms in total. The Kier molecular flexibility index (Phi) is 11.7. The molecule has 11 heteroatoms. The van der Waals surface area contributed by atoms with E-state index in [0.29, 0.717) is 6.42 Å². The van der Waals surface area contributed by atoms with E-state index in [1.165, 1.54) is 0 Å². The van der Waals surface area contributed by atoms with Gasteiger partial charge in [0.1, 0.15) is 24.2 Å². The lowest BCUT2D eigenvalue weighted by atomic mass is 9.97. The first-order valence-corrected chi connectivity index (χ1v) is 10.9. The quantitative estimate of drug-likeness (QED) is 0.183. The van der Waals surface area contributed by atoms with Gasteiger partial charge in [-0.15, -0.1) is 0 Å². The van der Waals surface area contributed by atoms with Crippen molar-refractivity contribution in [1.29, 1.82) is 0 Å². The van der Waals surface area contributed by atoms with E-state index in [1.807, 2.05) is 6.92 Å². The number of benzene rings is 1. The number of hydrogen-bond donors (Lipinski definition) is 7. The van der Waals surface area contributed by atoms with Gasteiger partial charge in [-0.25, -0.2) is 4.79 Å². The van der Waals surface area contributed by atoms with Crippen molar-refractivity contribution in [2.24, 2.45) is 11.7 Å². The predicted molar refractivity (Wildman–Crippen MR) is 122 cm³/mol. The number of aliphatic carboxylic acids is 1. The Morgan fingerprint density at radius 1 is 1.00 bits per heavy atom. The van der Waals surface area contributed by atoms with Gasteiger partial charge in [-0.2, -0.15) is 12.6 Å². The van der Waals surface area contributed by atoms with Gasteiger partial charge in [0, 0.05) is 12.2 Å². The number of amides is 3. The van der Waals surface area contributed by atoms with Crippen molar-refractivity contribution >= 4 is 36.3 Å². The molecule has 0 aliphatic rings. The average Bonchev–Trinajstić information content (AvgIpc) is 2.79. The highest BCUT2D eigenvalue weighted by molar-refractivity contribution is 7.80. The highest BCUT2D eigenvalue weighted by atomic mass is 32.1. The summed E-state index contributed by atoms with van der Waals surface area (Å²) in [5, 5.41) is 26.0. The summed E-state index contributed by atoms with van der Waals surface area (Å²) in [6.45, 7) is 2.98. The third-order valence-electron chi connectivity index (χ3n) is 5.04. The van der Waals surface area contributed by atoms with Crippen LogP contribution >= 0.6 is 12.6 Å². The van der Waals surface area contributed by atoms with E-state index >= 15 is 0 Å². The highest BCUT2D eigenvalue weighted by Gasteiger charge is 2.32. The maximum atomic E-state index is 12.8. The minimum absolute atomic E-state index is 0.0692. The Labute approximate surface area is 192 Å². The zero-order valence-electron chi connectivity index (χ0n) is 18.2. The minimum atomic E-state index is -1.21. The minimum Gasteiger partial charge on any atom is -0.480 e. The molecule has 0 bridgehead atoms. The summed E-state index contributed by atoms with van der Waals surface area (Å²) in [5.74, 6) is -3.65. The molecule has 0 fully saturated rings. The Morgan fingerprint density at radius 2 is 1.59 bits per heavy atom. The fraction of sp³-hybridized carbons (Fsp3) is 0.524. The lowest BCUT2D eigenvalue weighted by Gasteiger charge is -2.27. The SMILES string of the molecule is CCC(C)C(NC(=O)C(N)CO)C(=O)NC(CS)C(=O)NC(Cc1ccccc1)C(=O)O. The molecule has 0 saturated heterocycles. The first kappa shape index (κ1) is 27.4. The van der Waals surface area contributed by atoms with Crippen molar-refractivity contribution in [3.05, 3.63) is 35.9 Å². The maximum Gasteiger partial charge on any atom is 0.326 e. The van der Waals surface area contributed by atoms with E-state index in [1.54, 1.807) is 37.3 Å². The monoisotopic (exact) mass is 468 g/mol. The Hall–Kier alpha value is -2.63. The maximum absolute atomic E-state index is 12.8. The molecule has 0 aliphatic carbocycles. The second-order valence-corrected chi connectivity index (χ2v) is 7.86. The summed E-state index contributed by atoms with van der Waals surface area (Å²) in [7, 11) is 0. The van der Waals surface area contributed by atoms with Crippen LogP contribution in [0, 0.1) is 5.92 Å². The number of aliphatic hydroxyl groups is 1. The van der Waals surface area contributed by atoms with Gasteiger partial charge in [0.15, 0.2) is 0 Å². The molecule has 3 amide bonds. The van der Waals surface area contributed by atoms with E-state index in [4.69, 9.17) is 10.8 Å². The number of carbonyl (C=O) groups excluding carboxylic acids is 3. The van der Waals surface area contributed by atoms with E-state index in [-0.39, 0.29) is 18.1 Å². The van der Waals surface area contributed by atoms with Crippen LogP contribution in [0.25, 0.3) is 0 Å². The molecular weight excluding hydrogens is 436 g/mol. The normalized spacial score (nSPS) is 15.5. The lowest BCUT2D eigenvalue weighted by molar-refractivity contribution is -0.142. The number of nitrogens with two attached hydrogens (primary N) is 1. The van der Waals surface area contributed by atoms with Crippen molar-refractivity contribution < 1.29 is 29.4 Å². The van der Waals surface area contributed by atoms with E-state index in [0.717, 1.165) is 5.56 Å². The fourth-order valence-corrected chi connectivity index (χ4v) is 3.08. The van der Waals surface area contributed by atoms with Crippen molar-refractivity contribution in [2.75, 3.05) is 12.4 Å². The number of carbonyl (C=O) groups is 4. The third kappa shape index (κ3) is 8.48. The molecule has 0 spiro atoms. The number of thiol groups is 1. The van der Waals surface area contributed by atoms with Gasteiger partial charge in [0.05, 0.1) is 6.61 Å². The standard InChI is InChI=1S/C21H32N4O6S/c1-3-12(2)17(25-18(27)14(22)10-26)20(29)24-16(11-32)19(28)23-15(21(30)31)9-13-7-5-4-6-8-13/h4-8,12,14-17,26,32H,3,9-11,22H2,1-2H3,(H,23,28)(H,24,29)(H,25,27)(H,30,31). The van der Waals surface area contributed by atoms with E-state index in [2.05, 4.69) is 28.6 Å². The van der Waals surface area contributed by atoms with E-state index < -0.39 is 54.5 Å². The van der Waals surface area contributed by atoms with Crippen LogP contribution in [0.5, 0.6) is 0 Å². The van der Waals surface area contributed by atoms with Crippen LogP contribution in [-0.2, 0) is 25.6 Å². The average molecular weight is 469 g/mol. The van der Waals surface area contributed by atoms with Crippen molar-refractivity contribution in [3.63, 3.8) is 0 Å². The second kappa shape index (κ2) is 13.7. The van der Waals surface area contributed by atoms with Crippen LogP contribution in [0.1, 0.15) is 25.8 Å². The molecule has 0 heterocycles. The zero-order chi connectivity index (χ0) is 24.3. The molecule has 0 radical (unpaired) electrons. The Morgan fingerprint density at radius 3 is 2.09 bits per heavy atom. The first-order chi connectivity index (χ1) is 15.1. The highest BCUT2D eigenvalue weighted by Crippen LogP contribution is 2.09. The van der Waals surface area contributed by atoms with Crippen molar-refractivity contribution in [3.8, 4) is 0 Å². The fourth-order valence-electron chi connectivity index (χ4n) is 2.82. The summed E-state index contributed by atoms with van der Waals surface area (Å²) < 4.78 is 0. The molecule has 178 valence electrons. The summed E-state index contributed by atoms with van der Waals surface area (Å²) in [5.41, 5.74) is 6.23. The molecule has 7 N–H and O–H groups in total. The number of rotatable bonds is 13. The number of hydrogen-bond acceptors (Lipinski definition) is 7. The van der Waals surface area contributed by atoms with Gasteiger partial charge in [0.25, 0.3) is 0 Å². The number of carboxylic acid groups (broad SMARTS) is 1. The zero-order valence-corrected chi connectivity index (χ0v) is 19.0. The molecule has 0 aliphatic heterocycles.